The number of hydrogen-bond acceptors (Lipinski definition) is 5. The molecule has 8 nitrogen and oxygen atoms in total. The maximum atomic E-state index is 10.2. The van der Waals surface area contributed by atoms with Gasteiger partial charge in [-0.15, -0.1) is 0 Å². The van der Waals surface area contributed by atoms with Crippen LogP contribution in [-0.2, 0) is 17.1 Å². The Labute approximate surface area is 94.1 Å². The van der Waals surface area contributed by atoms with Crippen molar-refractivity contribution in [3.8, 4) is 0 Å². The number of nitrogens with one attached hydrogen (secondary N) is 1. The second-order valence-corrected chi connectivity index (χ2v) is 2.08. The van der Waals surface area contributed by atoms with Crippen LogP contribution < -0.4 is 0 Å². The van der Waals surface area contributed by atoms with Crippen molar-refractivity contribution >= 4 is 18.1 Å². The van der Waals surface area contributed by atoms with Crippen molar-refractivity contribution < 1.29 is 31.2 Å². The summed E-state index contributed by atoms with van der Waals surface area (Å²) >= 11 is 0. The first-order chi connectivity index (χ1) is 6.59. The van der Waals surface area contributed by atoms with Crippen molar-refractivity contribution in [1.82, 2.24) is 0 Å². The molecule has 1 N–H and O–H groups in total. The van der Waals surface area contributed by atoms with E-state index >= 15 is 0 Å². The fraction of sp³-hybridized carbons (Fsp3) is 0. The van der Waals surface area contributed by atoms with Gasteiger partial charge in [0.15, 0.2) is 5.76 Å². The van der Waals surface area contributed by atoms with Gasteiger partial charge in [-0.1, -0.05) is 0 Å². The van der Waals surface area contributed by atoms with E-state index in [1.165, 1.54) is 6.07 Å². The molecule has 1 rings (SSSR count). The average molecular weight is 260 g/mol. The summed E-state index contributed by atoms with van der Waals surface area (Å²) in [6, 6.07) is 1.23. The van der Waals surface area contributed by atoms with Crippen LogP contribution in [0.15, 0.2) is 21.7 Å². The zero-order valence-electron chi connectivity index (χ0n) is 7.01. The van der Waals surface area contributed by atoms with Gasteiger partial charge in [0, 0.05) is 6.21 Å². The van der Waals surface area contributed by atoms with Crippen molar-refractivity contribution in [2.75, 3.05) is 0 Å². The van der Waals surface area contributed by atoms with E-state index in [0.717, 1.165) is 12.3 Å². The number of rotatable bonds is 3. The molecular formula is C6H4CuN4O4. The monoisotopic (exact) mass is 259 g/mol. The first kappa shape index (κ1) is 13.1. The van der Waals surface area contributed by atoms with Gasteiger partial charge in [-0.25, -0.2) is 0 Å². The zero-order chi connectivity index (χ0) is 10.6. The second kappa shape index (κ2) is 5.78. The predicted molar refractivity (Wildman–Crippen MR) is 46.0 cm³/mol. The van der Waals surface area contributed by atoms with Gasteiger partial charge in [-0.05, 0) is 12.1 Å². The van der Waals surface area contributed by atoms with E-state index in [4.69, 9.17) is 5.73 Å². The standard InChI is InChI=1S/C6H5N4O4.Cu/c7-6(11)9-8-3-4-1-2-5(14-4)10(12)13;/h1-3H,(H2-,7,9,11);/q-1;+2/p-1/b8-3+;. The molecule has 0 aliphatic heterocycles. The second-order valence-electron chi connectivity index (χ2n) is 2.08. The average Bonchev–Trinajstić information content (AvgIpc) is 2.52. The fourth-order valence-electron chi connectivity index (χ4n) is 0.648. The maximum absolute atomic E-state index is 10.2. The molecule has 0 saturated carbocycles. The maximum Gasteiger partial charge on any atom is 2.00 e. The van der Waals surface area contributed by atoms with Crippen molar-refractivity contribution in [2.45, 2.75) is 0 Å². The van der Waals surface area contributed by atoms with E-state index in [2.05, 4.69) is 14.9 Å². The zero-order valence-corrected chi connectivity index (χ0v) is 7.95. The number of nitrogens with zero attached hydrogens (tertiary/aromatic N) is 3. The molecule has 1 heterocycles. The molecule has 0 fully saturated rings. The van der Waals surface area contributed by atoms with Crippen LogP contribution in [0.2, 0.25) is 0 Å². The van der Waals surface area contributed by atoms with Crippen LogP contribution in [0, 0.1) is 10.1 Å². The molecule has 0 aromatic carbocycles. The fourth-order valence-corrected chi connectivity index (χ4v) is 0.648. The third-order valence-corrected chi connectivity index (χ3v) is 1.13. The molecule has 0 saturated heterocycles. The summed E-state index contributed by atoms with van der Waals surface area (Å²) in [5.41, 5.74) is 9.20. The number of hydrogen-bond donors (Lipinski definition) is 0. The summed E-state index contributed by atoms with van der Waals surface area (Å²) in [5.74, 6) is -0.342. The molecule has 9 heteroatoms. The minimum Gasteiger partial charge on any atom is -0.683 e. The van der Waals surface area contributed by atoms with E-state index in [9.17, 15) is 14.9 Å². The van der Waals surface area contributed by atoms with E-state index in [1.54, 1.807) is 0 Å². The van der Waals surface area contributed by atoms with E-state index in [-0.39, 0.29) is 22.8 Å². The van der Waals surface area contributed by atoms with Crippen molar-refractivity contribution in [3.63, 3.8) is 0 Å². The van der Waals surface area contributed by atoms with Crippen LogP contribution in [0.5, 0.6) is 0 Å². The number of furan rings is 1. The van der Waals surface area contributed by atoms with Gasteiger partial charge in [-0.3, -0.25) is 10.1 Å². The quantitative estimate of drug-likeness (QED) is 0.356. The van der Waals surface area contributed by atoms with E-state index < -0.39 is 16.8 Å². The summed E-state index contributed by atoms with van der Waals surface area (Å²) < 4.78 is 4.65. The number of carbonyl (C=O) groups excluding carboxylic acids is 1. The Morgan fingerprint density at radius 1 is 1.67 bits per heavy atom. The largest absolute Gasteiger partial charge is 2.00 e. The minimum absolute atomic E-state index is 0. The number of nitro groups is 1. The Balaban J connectivity index is 0.00000196. The normalized spacial score (nSPS) is 9.60. The molecule has 0 aliphatic carbocycles. The molecule has 15 heavy (non-hydrogen) atoms. The molecule has 0 aliphatic rings. The Bertz CT molecular complexity index is 388. The summed E-state index contributed by atoms with van der Waals surface area (Å²) in [7, 11) is 0. The smallest absolute Gasteiger partial charge is 0.683 e. The van der Waals surface area contributed by atoms with Gasteiger partial charge in [0.2, 0.25) is 0 Å². The van der Waals surface area contributed by atoms with Crippen LogP contribution in [0.3, 0.4) is 0 Å². The SMILES string of the molecule is [Cu+2].[NH-]C(=O)[N-]/N=C/c1ccc([N+](=O)[O-])o1. The molecule has 0 spiro atoms. The molecule has 1 aromatic heterocycles. The third-order valence-electron chi connectivity index (χ3n) is 1.13. The number of urea groups is 1. The first-order valence-corrected chi connectivity index (χ1v) is 3.33. The van der Waals surface area contributed by atoms with Gasteiger partial charge < -0.3 is 25.5 Å². The van der Waals surface area contributed by atoms with Crippen LogP contribution >= 0.6 is 0 Å². The number of carbonyl (C=O) groups is 1. The van der Waals surface area contributed by atoms with E-state index in [0.29, 0.717) is 0 Å². The molecule has 1 radical (unpaired) electrons. The summed E-state index contributed by atoms with van der Waals surface area (Å²) in [6.45, 7) is 0. The Morgan fingerprint density at radius 2 is 2.33 bits per heavy atom. The van der Waals surface area contributed by atoms with Gasteiger partial charge in [0.25, 0.3) is 0 Å². The van der Waals surface area contributed by atoms with Gasteiger partial charge >= 0.3 is 23.0 Å². The summed E-state index contributed by atoms with van der Waals surface area (Å²) in [4.78, 5) is 19.4. The molecule has 0 atom stereocenters. The molecule has 83 valence electrons. The Morgan fingerprint density at radius 3 is 2.80 bits per heavy atom. The van der Waals surface area contributed by atoms with Crippen molar-refractivity contribution in [1.29, 1.82) is 0 Å². The van der Waals surface area contributed by atoms with Gasteiger partial charge in [0.05, 0.1) is 6.07 Å². The first-order valence-electron chi connectivity index (χ1n) is 3.33. The van der Waals surface area contributed by atoms with E-state index in [1.807, 2.05) is 0 Å². The van der Waals surface area contributed by atoms with Gasteiger partial charge in [0.1, 0.15) is 4.92 Å². The molecular weight excluding hydrogens is 256 g/mol. The van der Waals surface area contributed by atoms with Crippen LogP contribution in [-0.4, -0.2) is 17.2 Å². The number of amides is 2. The molecule has 0 unspecified atom stereocenters. The third kappa shape index (κ3) is 4.25. The van der Waals surface area contributed by atoms with Crippen LogP contribution in [0.25, 0.3) is 11.2 Å². The summed E-state index contributed by atoms with van der Waals surface area (Å²) in [5, 5.41) is 13.3. The van der Waals surface area contributed by atoms with Crippen molar-refractivity contribution in [2.24, 2.45) is 5.10 Å². The Hall–Kier alpha value is -1.86. The minimum atomic E-state index is -1.21. The molecule has 2 amide bonds. The summed E-state index contributed by atoms with van der Waals surface area (Å²) in [6.07, 6.45) is 0.999. The molecule has 1 aromatic rings. The van der Waals surface area contributed by atoms with Crippen molar-refractivity contribution in [3.05, 3.63) is 39.2 Å². The Kier molecular flexibility index (Phi) is 5.07. The van der Waals surface area contributed by atoms with Crippen LogP contribution in [0.1, 0.15) is 5.76 Å². The van der Waals surface area contributed by atoms with Gasteiger partial charge in [-0.2, -0.15) is 0 Å². The predicted octanol–water partition coefficient (Wildman–Crippen LogP) is 2.07. The van der Waals surface area contributed by atoms with Crippen LogP contribution in [0.4, 0.5) is 10.7 Å². The molecule has 0 bridgehead atoms. The topological polar surface area (TPSA) is 124 Å².